The van der Waals surface area contributed by atoms with Crippen molar-refractivity contribution >= 4 is 10.9 Å². The zero-order valence-corrected chi connectivity index (χ0v) is 14.2. The zero-order valence-electron chi connectivity index (χ0n) is 14.2. The number of H-pyrrole nitrogens is 1. The van der Waals surface area contributed by atoms with E-state index in [-0.39, 0.29) is 5.43 Å². The molecule has 0 spiro atoms. The number of hydrogen-bond acceptors (Lipinski definition) is 1. The first-order valence-electron chi connectivity index (χ1n) is 8.45. The molecule has 0 amide bonds. The number of pyridine rings is 1. The van der Waals surface area contributed by atoms with Crippen LogP contribution in [0.25, 0.3) is 10.9 Å². The van der Waals surface area contributed by atoms with Crippen molar-refractivity contribution in [2.45, 2.75) is 59.5 Å². The van der Waals surface area contributed by atoms with Crippen LogP contribution in [-0.4, -0.2) is 17.6 Å². The zero-order chi connectivity index (χ0) is 15.9. The van der Waals surface area contributed by atoms with Crippen molar-refractivity contribution in [1.82, 2.24) is 4.98 Å². The number of aromatic amines is 1. The molecular weight excluding hydrogens is 272 g/mol. The lowest BCUT2D eigenvalue weighted by atomic mass is 10.00. The number of aryl methyl sites for hydroxylation is 3. The van der Waals surface area contributed by atoms with Gasteiger partial charge in [0.15, 0.2) is 5.43 Å². The van der Waals surface area contributed by atoms with E-state index in [4.69, 9.17) is 0 Å². The maximum absolute atomic E-state index is 13.0. The van der Waals surface area contributed by atoms with Gasteiger partial charge in [-0.25, -0.2) is 0 Å². The Morgan fingerprint density at radius 2 is 2.00 bits per heavy atom. The molecule has 3 heteroatoms. The molecule has 0 aliphatic carbocycles. The van der Waals surface area contributed by atoms with Crippen molar-refractivity contribution in [3.05, 3.63) is 44.7 Å². The number of fused-ring (bicyclic) bond motifs is 1. The van der Waals surface area contributed by atoms with Crippen LogP contribution in [0, 0.1) is 20.8 Å². The fourth-order valence-electron chi connectivity index (χ4n) is 3.72. The van der Waals surface area contributed by atoms with Crippen molar-refractivity contribution in [2.75, 3.05) is 6.54 Å². The molecular formula is C19H27N2O+. The average Bonchev–Trinajstić information content (AvgIpc) is 2.49. The van der Waals surface area contributed by atoms with E-state index in [0.717, 1.165) is 28.7 Å². The standard InChI is InChI=1S/C19H26N2O/c1-12-8-9-16-18(14(12)3)20-15(4)17(19(16)22)11-21-10-6-5-7-13(21)2/h8-9,13H,5-7,10-11H2,1-4H3,(H,20,22)/p+1/t13-/m1/s1. The summed E-state index contributed by atoms with van der Waals surface area (Å²) in [5, 5.41) is 0.841. The number of benzene rings is 1. The van der Waals surface area contributed by atoms with Gasteiger partial charge in [-0.05, 0) is 64.2 Å². The number of nitrogens with one attached hydrogen (secondary N) is 2. The SMILES string of the molecule is Cc1ccc2c(=O)c(C[NH+]3CCCC[C@H]3C)c(C)[nH]c2c1C. The molecule has 0 radical (unpaired) electrons. The minimum atomic E-state index is 0.222. The van der Waals surface area contributed by atoms with Gasteiger partial charge in [-0.1, -0.05) is 6.07 Å². The summed E-state index contributed by atoms with van der Waals surface area (Å²) in [5.41, 5.74) is 5.65. The van der Waals surface area contributed by atoms with E-state index in [2.05, 4.69) is 31.8 Å². The molecule has 1 unspecified atom stereocenters. The first-order chi connectivity index (χ1) is 10.5. The van der Waals surface area contributed by atoms with Gasteiger partial charge in [0.2, 0.25) is 0 Å². The monoisotopic (exact) mass is 299 g/mol. The minimum Gasteiger partial charge on any atom is -0.358 e. The predicted molar refractivity (Wildman–Crippen MR) is 91.6 cm³/mol. The quantitative estimate of drug-likeness (QED) is 0.878. The van der Waals surface area contributed by atoms with Crippen LogP contribution in [0.2, 0.25) is 0 Å². The van der Waals surface area contributed by atoms with Crippen LogP contribution >= 0.6 is 0 Å². The van der Waals surface area contributed by atoms with Crippen molar-refractivity contribution < 1.29 is 4.90 Å². The van der Waals surface area contributed by atoms with Gasteiger partial charge in [-0.15, -0.1) is 0 Å². The van der Waals surface area contributed by atoms with Gasteiger partial charge in [-0.3, -0.25) is 4.79 Å². The van der Waals surface area contributed by atoms with Crippen LogP contribution in [0.1, 0.15) is 48.6 Å². The molecule has 2 atom stereocenters. The van der Waals surface area contributed by atoms with E-state index < -0.39 is 0 Å². The third-order valence-electron chi connectivity index (χ3n) is 5.51. The van der Waals surface area contributed by atoms with Crippen LogP contribution in [0.5, 0.6) is 0 Å². The van der Waals surface area contributed by atoms with Gasteiger partial charge < -0.3 is 9.88 Å². The van der Waals surface area contributed by atoms with Gasteiger partial charge in [0, 0.05) is 11.1 Å². The molecule has 1 aromatic heterocycles. The molecule has 0 bridgehead atoms. The Balaban J connectivity index is 2.07. The molecule has 3 rings (SSSR count). The highest BCUT2D eigenvalue weighted by molar-refractivity contribution is 5.83. The third kappa shape index (κ3) is 2.58. The van der Waals surface area contributed by atoms with Crippen molar-refractivity contribution in [2.24, 2.45) is 0 Å². The fourth-order valence-corrected chi connectivity index (χ4v) is 3.72. The lowest BCUT2D eigenvalue weighted by molar-refractivity contribution is -0.942. The van der Waals surface area contributed by atoms with E-state index in [1.807, 2.05) is 13.0 Å². The topological polar surface area (TPSA) is 37.3 Å². The van der Waals surface area contributed by atoms with Gasteiger partial charge in [-0.2, -0.15) is 0 Å². The lowest BCUT2D eigenvalue weighted by Crippen LogP contribution is -3.15. The highest BCUT2D eigenvalue weighted by Gasteiger charge is 2.24. The summed E-state index contributed by atoms with van der Waals surface area (Å²) < 4.78 is 0. The largest absolute Gasteiger partial charge is 0.358 e. The molecule has 1 aromatic carbocycles. The highest BCUT2D eigenvalue weighted by atomic mass is 16.1. The second-order valence-electron chi connectivity index (χ2n) is 6.97. The van der Waals surface area contributed by atoms with E-state index in [0.29, 0.717) is 6.04 Å². The molecule has 2 aromatic rings. The van der Waals surface area contributed by atoms with E-state index in [1.54, 1.807) is 4.90 Å². The number of hydrogen-bond donors (Lipinski definition) is 2. The Kier molecular flexibility index (Phi) is 4.09. The Hall–Kier alpha value is -1.61. The molecule has 0 saturated carbocycles. The first-order valence-corrected chi connectivity index (χ1v) is 8.45. The van der Waals surface area contributed by atoms with Crippen LogP contribution in [0.3, 0.4) is 0 Å². The van der Waals surface area contributed by atoms with E-state index in [9.17, 15) is 4.79 Å². The minimum absolute atomic E-state index is 0.222. The molecule has 22 heavy (non-hydrogen) atoms. The fraction of sp³-hybridized carbons (Fsp3) is 0.526. The van der Waals surface area contributed by atoms with E-state index in [1.165, 1.54) is 36.9 Å². The number of rotatable bonds is 2. The second-order valence-corrected chi connectivity index (χ2v) is 6.97. The van der Waals surface area contributed by atoms with Crippen LogP contribution in [0.4, 0.5) is 0 Å². The normalized spacial score (nSPS) is 22.2. The highest BCUT2D eigenvalue weighted by Crippen LogP contribution is 2.18. The summed E-state index contributed by atoms with van der Waals surface area (Å²) in [4.78, 5) is 18.0. The summed E-state index contributed by atoms with van der Waals surface area (Å²) in [6.45, 7) is 10.6. The van der Waals surface area contributed by atoms with Gasteiger partial charge >= 0.3 is 0 Å². The summed E-state index contributed by atoms with van der Waals surface area (Å²) >= 11 is 0. The molecule has 3 nitrogen and oxygen atoms in total. The molecule has 1 aliphatic rings. The average molecular weight is 299 g/mol. The Morgan fingerprint density at radius 1 is 1.23 bits per heavy atom. The molecule has 1 aliphatic heterocycles. The molecule has 2 heterocycles. The first kappa shape index (κ1) is 15.3. The Labute approximate surface area is 132 Å². The molecule has 1 fully saturated rings. The van der Waals surface area contributed by atoms with Crippen LogP contribution in [0.15, 0.2) is 16.9 Å². The predicted octanol–water partition coefficient (Wildman–Crippen LogP) is 2.41. The summed E-state index contributed by atoms with van der Waals surface area (Å²) in [6, 6.07) is 4.69. The van der Waals surface area contributed by atoms with Gasteiger partial charge in [0.05, 0.1) is 23.7 Å². The maximum Gasteiger partial charge on any atom is 0.198 e. The molecule has 1 saturated heterocycles. The number of quaternary nitrogens is 1. The second kappa shape index (κ2) is 5.88. The lowest BCUT2D eigenvalue weighted by Gasteiger charge is -2.30. The number of aromatic nitrogens is 1. The van der Waals surface area contributed by atoms with Crippen molar-refractivity contribution in [3.8, 4) is 0 Å². The number of piperidine rings is 1. The van der Waals surface area contributed by atoms with Crippen LogP contribution < -0.4 is 10.3 Å². The molecule has 118 valence electrons. The summed E-state index contributed by atoms with van der Waals surface area (Å²) in [7, 11) is 0. The smallest absolute Gasteiger partial charge is 0.198 e. The summed E-state index contributed by atoms with van der Waals surface area (Å²) in [6.07, 6.45) is 3.89. The van der Waals surface area contributed by atoms with Crippen molar-refractivity contribution in [1.29, 1.82) is 0 Å². The van der Waals surface area contributed by atoms with Gasteiger partial charge in [0.25, 0.3) is 0 Å². The number of likely N-dealkylation sites (tertiary alicyclic amines) is 1. The maximum atomic E-state index is 13.0. The van der Waals surface area contributed by atoms with Crippen molar-refractivity contribution in [3.63, 3.8) is 0 Å². The third-order valence-corrected chi connectivity index (χ3v) is 5.51. The van der Waals surface area contributed by atoms with Gasteiger partial charge in [0.1, 0.15) is 6.54 Å². The molecule has 2 N–H and O–H groups in total. The van der Waals surface area contributed by atoms with E-state index >= 15 is 0 Å². The summed E-state index contributed by atoms with van der Waals surface area (Å²) in [5.74, 6) is 0. The Morgan fingerprint density at radius 3 is 2.73 bits per heavy atom. The van der Waals surface area contributed by atoms with Crippen LogP contribution in [-0.2, 0) is 6.54 Å². The Bertz CT molecular complexity index is 760.